The molecule has 5 heteroatoms. The minimum Gasteiger partial charge on any atom is -0.465 e. The third-order valence-electron chi connectivity index (χ3n) is 1.47. The molecule has 0 fully saturated rings. The lowest BCUT2D eigenvalue weighted by Crippen LogP contribution is -2.25. The third-order valence-corrected chi connectivity index (χ3v) is 1.47. The van der Waals surface area contributed by atoms with E-state index in [1.807, 2.05) is 13.8 Å². The molecule has 0 aromatic rings. The van der Waals surface area contributed by atoms with Gasteiger partial charge in [-0.3, -0.25) is 0 Å². The Labute approximate surface area is 104 Å². The summed E-state index contributed by atoms with van der Waals surface area (Å²) >= 11 is 0. The van der Waals surface area contributed by atoms with Crippen molar-refractivity contribution in [3.8, 4) is 0 Å². The molecule has 1 amide bonds. The fraction of sp³-hybridized carbons (Fsp3) is 0.750. The van der Waals surface area contributed by atoms with Gasteiger partial charge in [-0.25, -0.2) is 4.79 Å². The number of unbranched alkanes of at least 4 members (excludes halogenated alkanes) is 2. The first-order valence-electron chi connectivity index (χ1n) is 5.92. The van der Waals surface area contributed by atoms with Crippen molar-refractivity contribution in [2.75, 3.05) is 26.4 Å². The Morgan fingerprint density at radius 2 is 1.76 bits per heavy atom. The Morgan fingerprint density at radius 3 is 2.24 bits per heavy atom. The van der Waals surface area contributed by atoms with Crippen LogP contribution < -0.4 is 5.32 Å². The Bertz CT molecular complexity index is 142. The lowest BCUT2D eigenvalue weighted by atomic mass is 10.2. The molecule has 0 aromatic carbocycles. The number of hydrogen-bond acceptors (Lipinski definition) is 3. The van der Waals surface area contributed by atoms with Gasteiger partial charge in [0.2, 0.25) is 0 Å². The number of carboxylic acid groups (broad SMARTS) is 1. The molecule has 0 heterocycles. The van der Waals surface area contributed by atoms with Gasteiger partial charge in [0.25, 0.3) is 0 Å². The predicted molar refractivity (Wildman–Crippen MR) is 70.4 cm³/mol. The number of ether oxygens (including phenoxy) is 1. The van der Waals surface area contributed by atoms with Gasteiger partial charge >= 0.3 is 6.09 Å². The number of carbonyl (C=O) groups is 1. The molecule has 5 nitrogen and oxygen atoms in total. The minimum absolute atomic E-state index is 0.223. The van der Waals surface area contributed by atoms with Crippen molar-refractivity contribution in [1.82, 2.24) is 5.32 Å². The molecular formula is C12H27NO4. The van der Waals surface area contributed by atoms with E-state index in [4.69, 9.17) is 14.9 Å². The topological polar surface area (TPSA) is 78.8 Å². The van der Waals surface area contributed by atoms with Gasteiger partial charge in [0.1, 0.15) is 0 Å². The Balaban J connectivity index is -0.000000439. The summed E-state index contributed by atoms with van der Waals surface area (Å²) in [6, 6.07) is 0. The second kappa shape index (κ2) is 24.3. The molecule has 0 radical (unpaired) electrons. The van der Waals surface area contributed by atoms with Gasteiger partial charge in [-0.2, -0.15) is 0 Å². The minimum atomic E-state index is -1.02. The third kappa shape index (κ3) is 31.3. The summed E-state index contributed by atoms with van der Waals surface area (Å²) in [5.41, 5.74) is 0. The van der Waals surface area contributed by atoms with Crippen LogP contribution >= 0.6 is 0 Å². The zero-order chi connectivity index (χ0) is 13.9. The lowest BCUT2D eigenvalue weighted by Gasteiger charge is -2.03. The van der Waals surface area contributed by atoms with Crippen molar-refractivity contribution in [2.45, 2.75) is 33.1 Å². The zero-order valence-electron chi connectivity index (χ0n) is 11.1. The molecule has 0 aromatic heterocycles. The molecule has 0 bridgehead atoms. The SMILES string of the molecule is C=C.CC.O=C(O)NCCOCCCCCO. The average Bonchev–Trinajstić information content (AvgIpc) is 2.37. The van der Waals surface area contributed by atoms with E-state index in [-0.39, 0.29) is 6.61 Å². The van der Waals surface area contributed by atoms with Gasteiger partial charge in [-0.15, -0.1) is 13.2 Å². The van der Waals surface area contributed by atoms with Gasteiger partial charge in [0.15, 0.2) is 0 Å². The van der Waals surface area contributed by atoms with E-state index >= 15 is 0 Å². The maximum atomic E-state index is 9.98. The zero-order valence-corrected chi connectivity index (χ0v) is 11.1. The van der Waals surface area contributed by atoms with Crippen molar-refractivity contribution >= 4 is 6.09 Å². The molecule has 3 N–H and O–H groups in total. The first-order chi connectivity index (χ1) is 8.27. The first kappa shape index (κ1) is 21.2. The number of aliphatic hydroxyl groups excluding tert-OH is 1. The number of amides is 1. The summed E-state index contributed by atoms with van der Waals surface area (Å²) in [4.78, 5) is 9.98. The van der Waals surface area contributed by atoms with Crippen LogP contribution in [-0.2, 0) is 4.74 Å². The van der Waals surface area contributed by atoms with Crippen molar-refractivity contribution < 1.29 is 19.7 Å². The molecule has 0 spiro atoms. The molecule has 0 rings (SSSR count). The number of rotatable bonds is 8. The van der Waals surface area contributed by atoms with Gasteiger partial charge < -0.3 is 20.3 Å². The van der Waals surface area contributed by atoms with E-state index in [2.05, 4.69) is 18.5 Å². The van der Waals surface area contributed by atoms with Gasteiger partial charge in [-0.1, -0.05) is 13.8 Å². The summed E-state index contributed by atoms with van der Waals surface area (Å²) in [7, 11) is 0. The molecule has 17 heavy (non-hydrogen) atoms. The van der Waals surface area contributed by atoms with Crippen LogP contribution in [0, 0.1) is 0 Å². The maximum absolute atomic E-state index is 9.98. The summed E-state index contributed by atoms with van der Waals surface area (Å²) in [5.74, 6) is 0. The largest absolute Gasteiger partial charge is 0.465 e. The molecule has 0 aliphatic carbocycles. The summed E-state index contributed by atoms with van der Waals surface area (Å²) in [6.45, 7) is 11.6. The van der Waals surface area contributed by atoms with Crippen molar-refractivity contribution in [2.24, 2.45) is 0 Å². The molecule has 0 aliphatic rings. The molecule has 0 aliphatic heterocycles. The molecule has 0 unspecified atom stereocenters. The first-order valence-corrected chi connectivity index (χ1v) is 5.92. The van der Waals surface area contributed by atoms with E-state index in [0.29, 0.717) is 19.8 Å². The second-order valence-electron chi connectivity index (χ2n) is 2.63. The fourth-order valence-electron chi connectivity index (χ4n) is 0.825. The number of aliphatic hydroxyl groups is 1. The summed E-state index contributed by atoms with van der Waals surface area (Å²) in [5, 5.41) is 18.8. The second-order valence-corrected chi connectivity index (χ2v) is 2.63. The van der Waals surface area contributed by atoms with Gasteiger partial charge in [0, 0.05) is 19.8 Å². The molecular weight excluding hydrogens is 222 g/mol. The lowest BCUT2D eigenvalue weighted by molar-refractivity contribution is 0.127. The van der Waals surface area contributed by atoms with Crippen LogP contribution in [0.4, 0.5) is 4.79 Å². The Hall–Kier alpha value is -1.07. The highest BCUT2D eigenvalue weighted by Gasteiger charge is 1.93. The van der Waals surface area contributed by atoms with Gasteiger partial charge in [-0.05, 0) is 19.3 Å². The van der Waals surface area contributed by atoms with E-state index in [1.165, 1.54) is 0 Å². The van der Waals surface area contributed by atoms with Gasteiger partial charge in [0.05, 0.1) is 6.61 Å². The highest BCUT2D eigenvalue weighted by Crippen LogP contribution is 1.93. The van der Waals surface area contributed by atoms with Crippen molar-refractivity contribution in [3.05, 3.63) is 13.2 Å². The van der Waals surface area contributed by atoms with Crippen molar-refractivity contribution in [1.29, 1.82) is 0 Å². The average molecular weight is 249 g/mol. The normalized spacial score (nSPS) is 8.18. The Morgan fingerprint density at radius 1 is 1.18 bits per heavy atom. The van der Waals surface area contributed by atoms with Crippen LogP contribution in [0.1, 0.15) is 33.1 Å². The van der Waals surface area contributed by atoms with E-state index < -0.39 is 6.09 Å². The van der Waals surface area contributed by atoms with Crippen LogP contribution in [0.2, 0.25) is 0 Å². The highest BCUT2D eigenvalue weighted by atomic mass is 16.5. The molecule has 0 saturated heterocycles. The fourth-order valence-corrected chi connectivity index (χ4v) is 0.825. The van der Waals surface area contributed by atoms with E-state index in [1.54, 1.807) is 0 Å². The summed E-state index contributed by atoms with van der Waals surface area (Å²) in [6.07, 6.45) is 1.64. The number of hydrogen-bond donors (Lipinski definition) is 3. The van der Waals surface area contributed by atoms with E-state index in [9.17, 15) is 4.79 Å². The molecule has 0 saturated carbocycles. The molecule has 0 atom stereocenters. The monoisotopic (exact) mass is 249 g/mol. The Kier molecular flexibility index (Phi) is 30.3. The van der Waals surface area contributed by atoms with Crippen LogP contribution in [0.25, 0.3) is 0 Å². The van der Waals surface area contributed by atoms with E-state index in [0.717, 1.165) is 19.3 Å². The van der Waals surface area contributed by atoms with Crippen LogP contribution in [-0.4, -0.2) is 42.7 Å². The predicted octanol–water partition coefficient (Wildman–Crippen LogP) is 2.26. The smallest absolute Gasteiger partial charge is 0.404 e. The maximum Gasteiger partial charge on any atom is 0.404 e. The number of nitrogens with one attached hydrogen (secondary N) is 1. The summed E-state index contributed by atoms with van der Waals surface area (Å²) < 4.78 is 5.12. The quantitative estimate of drug-likeness (QED) is 0.455. The van der Waals surface area contributed by atoms with Crippen LogP contribution in [0.3, 0.4) is 0 Å². The van der Waals surface area contributed by atoms with Crippen molar-refractivity contribution in [3.63, 3.8) is 0 Å². The molecule has 104 valence electrons. The van der Waals surface area contributed by atoms with Crippen LogP contribution in [0.15, 0.2) is 13.2 Å². The standard InChI is InChI=1S/C8H17NO4.C2H6.C2H4/c10-5-2-1-3-6-13-7-4-9-8(11)12;2*1-2/h9-10H,1-7H2,(H,11,12);1-2H3;1-2H2. The highest BCUT2D eigenvalue weighted by molar-refractivity contribution is 5.64. The van der Waals surface area contributed by atoms with Crippen LogP contribution in [0.5, 0.6) is 0 Å².